The van der Waals surface area contributed by atoms with Crippen LogP contribution < -0.4 is 0 Å². The number of esters is 1. The minimum Gasteiger partial charge on any atom is -0.458 e. The molecule has 1 aromatic rings. The molecule has 0 fully saturated rings. The first-order chi connectivity index (χ1) is 9.11. The topological polar surface area (TPSA) is 75.5 Å². The van der Waals surface area contributed by atoms with Crippen LogP contribution >= 0.6 is 0 Å². The standard InChI is InChI=1S/C12H21N3O4/c1-9(5-6-17-3)15-10(2)11(13-14-15)12(16)19-8-7-18-4/h9H,5-8H2,1-4H3. The van der Waals surface area contributed by atoms with Crippen LogP contribution in [0.15, 0.2) is 0 Å². The Morgan fingerprint density at radius 3 is 2.58 bits per heavy atom. The molecule has 0 N–H and O–H groups in total. The quantitative estimate of drug-likeness (QED) is 0.518. The van der Waals surface area contributed by atoms with Gasteiger partial charge in [-0.1, -0.05) is 5.21 Å². The molecule has 0 bridgehead atoms. The van der Waals surface area contributed by atoms with Gasteiger partial charge in [0, 0.05) is 20.8 Å². The van der Waals surface area contributed by atoms with E-state index in [1.54, 1.807) is 25.8 Å². The molecule has 19 heavy (non-hydrogen) atoms. The second kappa shape index (κ2) is 7.85. The summed E-state index contributed by atoms with van der Waals surface area (Å²) in [4.78, 5) is 11.8. The van der Waals surface area contributed by atoms with E-state index in [0.29, 0.717) is 18.9 Å². The molecule has 7 heteroatoms. The fourth-order valence-corrected chi connectivity index (χ4v) is 1.64. The predicted octanol–water partition coefficient (Wildman–Crippen LogP) is 0.987. The average molecular weight is 271 g/mol. The number of rotatable bonds is 8. The van der Waals surface area contributed by atoms with Gasteiger partial charge in [-0.3, -0.25) is 0 Å². The lowest BCUT2D eigenvalue weighted by atomic mass is 10.2. The summed E-state index contributed by atoms with van der Waals surface area (Å²) < 4.78 is 16.6. The summed E-state index contributed by atoms with van der Waals surface area (Å²) in [6.07, 6.45) is 0.804. The average Bonchev–Trinajstić information content (AvgIpc) is 2.78. The van der Waals surface area contributed by atoms with Crippen molar-refractivity contribution in [1.29, 1.82) is 0 Å². The van der Waals surface area contributed by atoms with Gasteiger partial charge in [0.15, 0.2) is 5.69 Å². The van der Waals surface area contributed by atoms with Crippen LogP contribution in [0.25, 0.3) is 0 Å². The zero-order valence-corrected chi connectivity index (χ0v) is 11.9. The van der Waals surface area contributed by atoms with Crippen molar-refractivity contribution in [3.63, 3.8) is 0 Å². The van der Waals surface area contributed by atoms with Gasteiger partial charge < -0.3 is 14.2 Å². The van der Waals surface area contributed by atoms with Gasteiger partial charge >= 0.3 is 5.97 Å². The molecule has 1 atom stereocenters. The highest BCUT2D eigenvalue weighted by molar-refractivity contribution is 5.88. The number of aromatic nitrogens is 3. The largest absolute Gasteiger partial charge is 0.458 e. The van der Waals surface area contributed by atoms with Crippen LogP contribution in [0.4, 0.5) is 0 Å². The highest BCUT2D eigenvalue weighted by Crippen LogP contribution is 2.14. The minimum atomic E-state index is -0.472. The van der Waals surface area contributed by atoms with Crippen LogP contribution in [0, 0.1) is 6.92 Å². The highest BCUT2D eigenvalue weighted by Gasteiger charge is 2.20. The Kier molecular flexibility index (Phi) is 6.44. The second-order valence-corrected chi connectivity index (χ2v) is 4.23. The number of hydrogen-bond donors (Lipinski definition) is 0. The van der Waals surface area contributed by atoms with E-state index in [2.05, 4.69) is 10.3 Å². The van der Waals surface area contributed by atoms with E-state index in [0.717, 1.165) is 6.42 Å². The fraction of sp³-hybridized carbons (Fsp3) is 0.750. The van der Waals surface area contributed by atoms with Gasteiger partial charge in [0.05, 0.1) is 18.3 Å². The van der Waals surface area contributed by atoms with Crippen LogP contribution in [-0.2, 0) is 14.2 Å². The molecule has 1 rings (SSSR count). The SMILES string of the molecule is COCCOC(=O)c1nnn(C(C)CCOC)c1C. The van der Waals surface area contributed by atoms with Crippen molar-refractivity contribution in [3.8, 4) is 0 Å². The van der Waals surface area contributed by atoms with Gasteiger partial charge in [0.1, 0.15) is 6.61 Å². The Labute approximate surface area is 112 Å². The molecule has 108 valence electrons. The van der Waals surface area contributed by atoms with Gasteiger partial charge in [-0.15, -0.1) is 5.10 Å². The zero-order chi connectivity index (χ0) is 14.3. The molecule has 0 aromatic carbocycles. The van der Waals surface area contributed by atoms with E-state index in [1.165, 1.54) is 0 Å². The molecule has 1 unspecified atom stereocenters. The predicted molar refractivity (Wildman–Crippen MR) is 68.1 cm³/mol. The van der Waals surface area contributed by atoms with Crippen molar-refractivity contribution >= 4 is 5.97 Å². The van der Waals surface area contributed by atoms with Crippen molar-refractivity contribution in [2.75, 3.05) is 34.0 Å². The number of carbonyl (C=O) groups excluding carboxylic acids is 1. The van der Waals surface area contributed by atoms with Crippen LogP contribution in [0.5, 0.6) is 0 Å². The van der Waals surface area contributed by atoms with Crippen LogP contribution in [0.3, 0.4) is 0 Å². The lowest BCUT2D eigenvalue weighted by Gasteiger charge is -2.12. The molecule has 7 nitrogen and oxygen atoms in total. The summed E-state index contributed by atoms with van der Waals surface area (Å²) in [5, 5.41) is 7.88. The Bertz CT molecular complexity index is 406. The maximum Gasteiger partial charge on any atom is 0.360 e. The second-order valence-electron chi connectivity index (χ2n) is 4.23. The molecular formula is C12H21N3O4. The number of methoxy groups -OCH3 is 2. The molecule has 1 aromatic heterocycles. The van der Waals surface area contributed by atoms with E-state index in [4.69, 9.17) is 14.2 Å². The first kappa shape index (κ1) is 15.6. The van der Waals surface area contributed by atoms with Crippen molar-refractivity contribution in [3.05, 3.63) is 11.4 Å². The van der Waals surface area contributed by atoms with E-state index < -0.39 is 5.97 Å². The molecule has 0 saturated heterocycles. The summed E-state index contributed by atoms with van der Waals surface area (Å²) in [5.41, 5.74) is 0.950. The van der Waals surface area contributed by atoms with E-state index in [1.807, 2.05) is 6.92 Å². The van der Waals surface area contributed by atoms with Gasteiger partial charge in [0.25, 0.3) is 0 Å². The van der Waals surface area contributed by atoms with Gasteiger partial charge in [-0.2, -0.15) is 0 Å². The van der Waals surface area contributed by atoms with Crippen LogP contribution in [0.1, 0.15) is 35.6 Å². The van der Waals surface area contributed by atoms with Gasteiger partial charge in [0.2, 0.25) is 0 Å². The van der Waals surface area contributed by atoms with Crippen LogP contribution in [-0.4, -0.2) is 55.0 Å². The lowest BCUT2D eigenvalue weighted by molar-refractivity contribution is 0.0380. The number of carbonyl (C=O) groups is 1. The third-order valence-corrected chi connectivity index (χ3v) is 2.80. The summed E-state index contributed by atoms with van der Waals surface area (Å²) >= 11 is 0. The summed E-state index contributed by atoms with van der Waals surface area (Å²) in [5.74, 6) is -0.472. The van der Waals surface area contributed by atoms with Gasteiger partial charge in [-0.05, 0) is 20.3 Å². The van der Waals surface area contributed by atoms with Crippen molar-refractivity contribution < 1.29 is 19.0 Å². The maximum absolute atomic E-state index is 11.8. The molecule has 0 radical (unpaired) electrons. The molecule has 0 saturated carbocycles. The summed E-state index contributed by atoms with van der Waals surface area (Å²) in [6.45, 7) is 5.01. The Hall–Kier alpha value is -1.47. The Morgan fingerprint density at radius 1 is 1.26 bits per heavy atom. The van der Waals surface area contributed by atoms with Gasteiger partial charge in [-0.25, -0.2) is 9.48 Å². The molecule has 0 aliphatic heterocycles. The number of hydrogen-bond acceptors (Lipinski definition) is 6. The first-order valence-corrected chi connectivity index (χ1v) is 6.18. The lowest BCUT2D eigenvalue weighted by Crippen LogP contribution is -2.14. The smallest absolute Gasteiger partial charge is 0.360 e. The van der Waals surface area contributed by atoms with E-state index in [-0.39, 0.29) is 18.3 Å². The monoisotopic (exact) mass is 271 g/mol. The number of nitrogens with zero attached hydrogens (tertiary/aromatic N) is 3. The fourth-order valence-electron chi connectivity index (χ4n) is 1.64. The Morgan fingerprint density at radius 2 is 1.95 bits per heavy atom. The van der Waals surface area contributed by atoms with E-state index in [9.17, 15) is 4.79 Å². The Balaban J connectivity index is 2.66. The third-order valence-electron chi connectivity index (χ3n) is 2.80. The molecule has 0 aliphatic rings. The summed E-state index contributed by atoms with van der Waals surface area (Å²) in [6, 6.07) is 0.118. The maximum atomic E-state index is 11.8. The van der Waals surface area contributed by atoms with Crippen molar-refractivity contribution in [2.45, 2.75) is 26.3 Å². The normalized spacial score (nSPS) is 12.4. The highest BCUT2D eigenvalue weighted by atomic mass is 16.6. The molecular weight excluding hydrogens is 250 g/mol. The molecule has 1 heterocycles. The van der Waals surface area contributed by atoms with Crippen LogP contribution in [0.2, 0.25) is 0 Å². The molecule has 0 spiro atoms. The molecule has 0 aliphatic carbocycles. The molecule has 0 amide bonds. The number of ether oxygens (including phenoxy) is 3. The minimum absolute atomic E-state index is 0.118. The summed E-state index contributed by atoms with van der Waals surface area (Å²) in [7, 11) is 3.20. The zero-order valence-electron chi connectivity index (χ0n) is 11.9. The first-order valence-electron chi connectivity index (χ1n) is 6.18. The van der Waals surface area contributed by atoms with Crippen molar-refractivity contribution in [2.24, 2.45) is 0 Å². The van der Waals surface area contributed by atoms with E-state index >= 15 is 0 Å². The van der Waals surface area contributed by atoms with Crippen molar-refractivity contribution in [1.82, 2.24) is 15.0 Å². The third kappa shape index (κ3) is 4.29.